The maximum atomic E-state index is 5.47. The van der Waals surface area contributed by atoms with Gasteiger partial charge in [-0.05, 0) is 25.5 Å². The maximum Gasteiger partial charge on any atom is 0.0645 e. The van der Waals surface area contributed by atoms with E-state index in [2.05, 4.69) is 19.2 Å². The van der Waals surface area contributed by atoms with Crippen LogP contribution >= 0.6 is 11.8 Å². The number of hydrogen-bond acceptors (Lipinski definition) is 3. The van der Waals surface area contributed by atoms with E-state index in [9.17, 15) is 0 Å². The lowest BCUT2D eigenvalue weighted by molar-refractivity contribution is 0.0296. The molecule has 2 nitrogen and oxygen atoms in total. The molecule has 0 spiro atoms. The fourth-order valence-corrected chi connectivity index (χ4v) is 2.18. The fourth-order valence-electron chi connectivity index (χ4n) is 1.64. The van der Waals surface area contributed by atoms with Crippen LogP contribution in [0, 0.1) is 0 Å². The topological polar surface area (TPSA) is 21.3 Å². The van der Waals surface area contributed by atoms with E-state index in [1.807, 2.05) is 11.8 Å². The summed E-state index contributed by atoms with van der Waals surface area (Å²) in [6, 6.07) is 0. The first-order valence-electron chi connectivity index (χ1n) is 5.17. The van der Waals surface area contributed by atoms with Gasteiger partial charge in [0, 0.05) is 24.4 Å². The molecule has 0 radical (unpaired) electrons. The zero-order chi connectivity index (χ0) is 9.57. The summed E-state index contributed by atoms with van der Waals surface area (Å²) in [7, 11) is 0. The predicted molar refractivity (Wildman–Crippen MR) is 59.5 cm³/mol. The third-order valence-electron chi connectivity index (χ3n) is 2.44. The van der Waals surface area contributed by atoms with Crippen molar-refractivity contribution in [1.82, 2.24) is 5.32 Å². The Morgan fingerprint density at radius 1 is 1.54 bits per heavy atom. The van der Waals surface area contributed by atoms with Crippen molar-refractivity contribution >= 4 is 11.8 Å². The third kappa shape index (κ3) is 4.34. The van der Waals surface area contributed by atoms with Crippen LogP contribution in [-0.2, 0) is 4.74 Å². The van der Waals surface area contributed by atoms with E-state index in [-0.39, 0.29) is 5.54 Å². The van der Waals surface area contributed by atoms with Crippen molar-refractivity contribution in [3.05, 3.63) is 0 Å². The Kier molecular flexibility index (Phi) is 5.14. The molecule has 1 aliphatic rings. The summed E-state index contributed by atoms with van der Waals surface area (Å²) in [6.07, 6.45) is 2.45. The molecule has 0 bridgehead atoms. The minimum Gasteiger partial charge on any atom is -0.380 e. The van der Waals surface area contributed by atoms with Gasteiger partial charge < -0.3 is 10.1 Å². The molecule has 0 saturated carbocycles. The smallest absolute Gasteiger partial charge is 0.0645 e. The van der Waals surface area contributed by atoms with Crippen LogP contribution in [0.2, 0.25) is 0 Å². The Morgan fingerprint density at radius 3 is 3.00 bits per heavy atom. The molecule has 1 atom stereocenters. The van der Waals surface area contributed by atoms with Gasteiger partial charge in [0.2, 0.25) is 0 Å². The second-order valence-corrected chi connectivity index (χ2v) is 5.23. The second kappa shape index (κ2) is 5.89. The molecular formula is C10H21NOS. The summed E-state index contributed by atoms with van der Waals surface area (Å²) < 4.78 is 5.47. The van der Waals surface area contributed by atoms with Crippen LogP contribution in [0.25, 0.3) is 0 Å². The van der Waals surface area contributed by atoms with E-state index in [0.717, 1.165) is 19.8 Å². The van der Waals surface area contributed by atoms with Crippen LogP contribution in [0.15, 0.2) is 0 Å². The molecule has 1 aliphatic heterocycles. The van der Waals surface area contributed by atoms with Crippen molar-refractivity contribution in [2.45, 2.75) is 32.2 Å². The summed E-state index contributed by atoms with van der Waals surface area (Å²) in [5, 5.41) is 3.59. The first-order chi connectivity index (χ1) is 6.27. The van der Waals surface area contributed by atoms with Gasteiger partial charge in [-0.15, -0.1) is 0 Å². The molecular weight excluding hydrogens is 182 g/mol. The SMILES string of the molecule is CCSCCNC1(C)CCCOC1. The lowest BCUT2D eigenvalue weighted by Gasteiger charge is -2.34. The van der Waals surface area contributed by atoms with E-state index in [1.165, 1.54) is 24.3 Å². The predicted octanol–water partition coefficient (Wildman–Crippen LogP) is 1.90. The molecule has 1 fully saturated rings. The van der Waals surface area contributed by atoms with Crippen LogP contribution in [0.1, 0.15) is 26.7 Å². The van der Waals surface area contributed by atoms with Crippen LogP contribution in [0.3, 0.4) is 0 Å². The quantitative estimate of drug-likeness (QED) is 0.690. The number of hydrogen-bond donors (Lipinski definition) is 1. The van der Waals surface area contributed by atoms with Crippen molar-refractivity contribution in [2.75, 3.05) is 31.3 Å². The van der Waals surface area contributed by atoms with Crippen LogP contribution in [0.5, 0.6) is 0 Å². The number of ether oxygens (including phenoxy) is 1. The van der Waals surface area contributed by atoms with Crippen molar-refractivity contribution in [3.8, 4) is 0 Å². The van der Waals surface area contributed by atoms with Crippen LogP contribution in [0.4, 0.5) is 0 Å². The number of thioether (sulfide) groups is 1. The maximum absolute atomic E-state index is 5.47. The molecule has 0 aromatic heterocycles. The van der Waals surface area contributed by atoms with Crippen LogP contribution in [-0.4, -0.2) is 36.8 Å². The molecule has 1 heterocycles. The molecule has 78 valence electrons. The molecule has 1 N–H and O–H groups in total. The van der Waals surface area contributed by atoms with Gasteiger partial charge in [-0.1, -0.05) is 6.92 Å². The van der Waals surface area contributed by atoms with E-state index >= 15 is 0 Å². The standard InChI is InChI=1S/C10H21NOS/c1-3-13-8-6-11-10(2)5-4-7-12-9-10/h11H,3-9H2,1-2H3. The van der Waals surface area contributed by atoms with Gasteiger partial charge in [-0.3, -0.25) is 0 Å². The molecule has 1 rings (SSSR count). The summed E-state index contributed by atoms with van der Waals surface area (Å²) in [6.45, 7) is 7.40. The van der Waals surface area contributed by atoms with Crippen molar-refractivity contribution in [3.63, 3.8) is 0 Å². The Labute approximate surface area is 85.8 Å². The molecule has 1 unspecified atom stereocenters. The van der Waals surface area contributed by atoms with Gasteiger partial charge in [0.15, 0.2) is 0 Å². The molecule has 3 heteroatoms. The zero-order valence-corrected chi connectivity index (χ0v) is 9.58. The normalized spacial score (nSPS) is 29.1. The highest BCUT2D eigenvalue weighted by atomic mass is 32.2. The van der Waals surface area contributed by atoms with E-state index < -0.39 is 0 Å². The highest BCUT2D eigenvalue weighted by Gasteiger charge is 2.26. The van der Waals surface area contributed by atoms with Crippen molar-refractivity contribution in [1.29, 1.82) is 0 Å². The summed E-state index contributed by atoms with van der Waals surface area (Å²) >= 11 is 1.99. The minimum atomic E-state index is 0.243. The third-order valence-corrected chi connectivity index (χ3v) is 3.34. The number of nitrogens with one attached hydrogen (secondary N) is 1. The van der Waals surface area contributed by atoms with Gasteiger partial charge in [0.1, 0.15) is 0 Å². The minimum absolute atomic E-state index is 0.243. The Balaban J connectivity index is 2.10. The second-order valence-electron chi connectivity index (χ2n) is 3.84. The first-order valence-corrected chi connectivity index (χ1v) is 6.33. The highest BCUT2D eigenvalue weighted by molar-refractivity contribution is 7.99. The van der Waals surface area contributed by atoms with Gasteiger partial charge in [-0.2, -0.15) is 11.8 Å². The molecule has 13 heavy (non-hydrogen) atoms. The fraction of sp³-hybridized carbons (Fsp3) is 1.00. The summed E-state index contributed by atoms with van der Waals surface area (Å²) in [4.78, 5) is 0. The van der Waals surface area contributed by atoms with Crippen LogP contribution < -0.4 is 5.32 Å². The number of rotatable bonds is 5. The average Bonchev–Trinajstić information content (AvgIpc) is 2.14. The van der Waals surface area contributed by atoms with Crippen molar-refractivity contribution < 1.29 is 4.74 Å². The lowest BCUT2D eigenvalue weighted by atomic mass is 9.95. The van der Waals surface area contributed by atoms with E-state index in [1.54, 1.807) is 0 Å². The monoisotopic (exact) mass is 203 g/mol. The zero-order valence-electron chi connectivity index (χ0n) is 8.77. The summed E-state index contributed by atoms with van der Waals surface area (Å²) in [5.41, 5.74) is 0.243. The molecule has 0 amide bonds. The lowest BCUT2D eigenvalue weighted by Crippen LogP contribution is -2.49. The Morgan fingerprint density at radius 2 is 2.38 bits per heavy atom. The van der Waals surface area contributed by atoms with Gasteiger partial charge in [-0.25, -0.2) is 0 Å². The molecule has 0 aromatic carbocycles. The highest BCUT2D eigenvalue weighted by Crippen LogP contribution is 2.17. The van der Waals surface area contributed by atoms with Gasteiger partial charge in [0.25, 0.3) is 0 Å². The summed E-state index contributed by atoms with van der Waals surface area (Å²) in [5.74, 6) is 2.43. The van der Waals surface area contributed by atoms with Crippen molar-refractivity contribution in [2.24, 2.45) is 0 Å². The Hall–Kier alpha value is 0.270. The average molecular weight is 203 g/mol. The van der Waals surface area contributed by atoms with E-state index in [0.29, 0.717) is 0 Å². The van der Waals surface area contributed by atoms with Gasteiger partial charge in [0.05, 0.1) is 6.61 Å². The van der Waals surface area contributed by atoms with E-state index in [4.69, 9.17) is 4.74 Å². The Bertz CT molecular complexity index is 135. The van der Waals surface area contributed by atoms with Gasteiger partial charge >= 0.3 is 0 Å². The molecule has 0 aliphatic carbocycles. The largest absolute Gasteiger partial charge is 0.380 e. The first kappa shape index (κ1) is 11.3. The molecule has 1 saturated heterocycles. The molecule has 0 aromatic rings.